The monoisotopic (exact) mass is 287 g/mol. The molecule has 3 rings (SSSR count). The van der Waals surface area contributed by atoms with Crippen LogP contribution in [-0.2, 0) is 6.54 Å². The maximum atomic E-state index is 11.8. The van der Waals surface area contributed by atoms with Crippen molar-refractivity contribution in [2.75, 3.05) is 13.1 Å². The molecular formula is C17H21NO3. The molecule has 0 spiro atoms. The molecule has 0 aliphatic carbocycles. The third kappa shape index (κ3) is 2.33. The molecule has 1 N–H and O–H groups in total. The van der Waals surface area contributed by atoms with E-state index < -0.39 is 0 Å². The van der Waals surface area contributed by atoms with Crippen LogP contribution in [0, 0.1) is 20.8 Å². The summed E-state index contributed by atoms with van der Waals surface area (Å²) in [6, 6.07) is 1.97. The second-order valence-electron chi connectivity index (χ2n) is 6.01. The minimum absolute atomic E-state index is 0.251. The van der Waals surface area contributed by atoms with Crippen molar-refractivity contribution < 1.29 is 9.52 Å². The summed E-state index contributed by atoms with van der Waals surface area (Å²) in [4.78, 5) is 14.2. The highest BCUT2D eigenvalue weighted by molar-refractivity contribution is 5.86. The number of aryl methyl sites for hydroxylation is 2. The van der Waals surface area contributed by atoms with E-state index in [9.17, 15) is 9.90 Å². The summed E-state index contributed by atoms with van der Waals surface area (Å²) in [7, 11) is 0. The van der Waals surface area contributed by atoms with Crippen LogP contribution in [0.15, 0.2) is 15.3 Å². The molecule has 0 radical (unpaired) electrons. The lowest BCUT2D eigenvalue weighted by molar-refractivity contribution is 0.324. The van der Waals surface area contributed by atoms with Crippen molar-refractivity contribution >= 4 is 11.0 Å². The summed E-state index contributed by atoms with van der Waals surface area (Å²) >= 11 is 0. The Morgan fingerprint density at radius 3 is 2.48 bits per heavy atom. The Balaban J connectivity index is 2.18. The first kappa shape index (κ1) is 14.1. The zero-order valence-electron chi connectivity index (χ0n) is 12.8. The van der Waals surface area contributed by atoms with Gasteiger partial charge in [-0.2, -0.15) is 0 Å². The van der Waals surface area contributed by atoms with Crippen LogP contribution in [0.5, 0.6) is 5.75 Å². The molecule has 1 saturated heterocycles. The minimum Gasteiger partial charge on any atom is -0.507 e. The van der Waals surface area contributed by atoms with E-state index in [2.05, 4.69) is 4.90 Å². The van der Waals surface area contributed by atoms with E-state index >= 15 is 0 Å². The Morgan fingerprint density at radius 1 is 1.14 bits per heavy atom. The van der Waals surface area contributed by atoms with Crippen molar-refractivity contribution in [2.45, 2.75) is 40.2 Å². The summed E-state index contributed by atoms with van der Waals surface area (Å²) in [5.74, 6) is 0.251. The fourth-order valence-corrected chi connectivity index (χ4v) is 3.10. The minimum atomic E-state index is -0.324. The highest BCUT2D eigenvalue weighted by atomic mass is 16.4. The molecule has 0 atom stereocenters. The van der Waals surface area contributed by atoms with E-state index in [1.807, 2.05) is 19.9 Å². The van der Waals surface area contributed by atoms with E-state index in [4.69, 9.17) is 4.42 Å². The highest BCUT2D eigenvalue weighted by Crippen LogP contribution is 2.33. The topological polar surface area (TPSA) is 53.7 Å². The van der Waals surface area contributed by atoms with Crippen LogP contribution in [0.1, 0.15) is 35.1 Å². The summed E-state index contributed by atoms with van der Waals surface area (Å²) in [5.41, 5.74) is 3.33. The van der Waals surface area contributed by atoms with E-state index in [1.165, 1.54) is 12.8 Å². The Labute approximate surface area is 124 Å². The van der Waals surface area contributed by atoms with Gasteiger partial charge in [0.2, 0.25) is 0 Å². The van der Waals surface area contributed by atoms with Crippen molar-refractivity contribution in [1.29, 1.82) is 0 Å². The average molecular weight is 287 g/mol. The molecule has 1 aromatic heterocycles. The van der Waals surface area contributed by atoms with Crippen LogP contribution in [-0.4, -0.2) is 23.1 Å². The van der Waals surface area contributed by atoms with Gasteiger partial charge < -0.3 is 9.52 Å². The van der Waals surface area contributed by atoms with Crippen LogP contribution >= 0.6 is 0 Å². The van der Waals surface area contributed by atoms with Gasteiger partial charge in [-0.3, -0.25) is 4.90 Å². The number of fused-ring (bicyclic) bond motifs is 1. The number of benzene rings is 1. The number of rotatable bonds is 2. The Morgan fingerprint density at radius 2 is 1.81 bits per heavy atom. The van der Waals surface area contributed by atoms with Gasteiger partial charge in [0, 0.05) is 28.6 Å². The predicted octanol–water partition coefficient (Wildman–Crippen LogP) is 3.02. The van der Waals surface area contributed by atoms with Gasteiger partial charge in [-0.1, -0.05) is 0 Å². The third-order valence-electron chi connectivity index (χ3n) is 4.62. The quantitative estimate of drug-likeness (QED) is 0.863. The van der Waals surface area contributed by atoms with Gasteiger partial charge in [-0.15, -0.1) is 0 Å². The zero-order valence-corrected chi connectivity index (χ0v) is 12.8. The van der Waals surface area contributed by atoms with Gasteiger partial charge in [-0.05, 0) is 58.3 Å². The van der Waals surface area contributed by atoms with Gasteiger partial charge in [0.05, 0.1) is 0 Å². The van der Waals surface area contributed by atoms with Crippen molar-refractivity contribution in [3.8, 4) is 5.75 Å². The largest absolute Gasteiger partial charge is 0.507 e. The van der Waals surface area contributed by atoms with Gasteiger partial charge in [0.1, 0.15) is 11.3 Å². The first-order valence-corrected chi connectivity index (χ1v) is 7.47. The molecule has 0 amide bonds. The van der Waals surface area contributed by atoms with Gasteiger partial charge in [0.25, 0.3) is 0 Å². The van der Waals surface area contributed by atoms with Gasteiger partial charge in [0.15, 0.2) is 0 Å². The van der Waals surface area contributed by atoms with E-state index in [-0.39, 0.29) is 11.4 Å². The number of phenolic OH excluding ortho intramolecular Hbond substituents is 1. The first-order chi connectivity index (χ1) is 9.99. The van der Waals surface area contributed by atoms with Crippen LogP contribution < -0.4 is 5.63 Å². The predicted molar refractivity (Wildman–Crippen MR) is 82.9 cm³/mol. The lowest BCUT2D eigenvalue weighted by Gasteiger charge is -2.18. The fraction of sp³-hybridized carbons (Fsp3) is 0.471. The fourth-order valence-electron chi connectivity index (χ4n) is 3.10. The Bertz CT molecular complexity index is 755. The van der Waals surface area contributed by atoms with E-state index in [0.29, 0.717) is 16.7 Å². The molecule has 0 unspecified atom stereocenters. The molecule has 0 bridgehead atoms. The van der Waals surface area contributed by atoms with Gasteiger partial charge >= 0.3 is 5.63 Å². The molecule has 1 aliphatic rings. The average Bonchev–Trinajstić information content (AvgIpc) is 2.96. The maximum Gasteiger partial charge on any atom is 0.339 e. The molecule has 1 aromatic carbocycles. The number of hydrogen-bond donors (Lipinski definition) is 1. The number of hydrogen-bond acceptors (Lipinski definition) is 4. The lowest BCUT2D eigenvalue weighted by Crippen LogP contribution is -2.18. The van der Waals surface area contributed by atoms with Crippen LogP contribution in [0.3, 0.4) is 0 Å². The molecule has 0 saturated carbocycles. The van der Waals surface area contributed by atoms with Crippen molar-refractivity contribution in [2.24, 2.45) is 0 Å². The Hall–Kier alpha value is -1.81. The number of nitrogens with zero attached hydrogens (tertiary/aromatic N) is 1. The van der Waals surface area contributed by atoms with Crippen LogP contribution in [0.4, 0.5) is 0 Å². The first-order valence-electron chi connectivity index (χ1n) is 7.47. The highest BCUT2D eigenvalue weighted by Gasteiger charge is 2.19. The summed E-state index contributed by atoms with van der Waals surface area (Å²) in [5, 5.41) is 11.3. The van der Waals surface area contributed by atoms with Gasteiger partial charge in [-0.25, -0.2) is 4.79 Å². The van der Waals surface area contributed by atoms with Crippen molar-refractivity contribution in [3.63, 3.8) is 0 Å². The van der Waals surface area contributed by atoms with Crippen molar-refractivity contribution in [3.05, 3.63) is 38.7 Å². The zero-order chi connectivity index (χ0) is 15.1. The van der Waals surface area contributed by atoms with E-state index in [0.717, 1.165) is 36.1 Å². The Kier molecular flexibility index (Phi) is 3.49. The standard InChI is InChI=1S/C17H21NO3/c1-10-11(2)17(20)21-16-12(3)15(19)13(8-14(10)16)9-18-6-4-5-7-18/h8,19H,4-7,9H2,1-3H3. The molecule has 4 nitrogen and oxygen atoms in total. The SMILES string of the molecule is Cc1c(C)c2cc(CN3CCCC3)c(O)c(C)c2oc1=O. The second kappa shape index (κ2) is 5.19. The molecule has 1 aliphatic heterocycles. The number of phenols is 1. The molecule has 2 heterocycles. The summed E-state index contributed by atoms with van der Waals surface area (Å²) in [6.07, 6.45) is 2.45. The van der Waals surface area contributed by atoms with E-state index in [1.54, 1.807) is 6.92 Å². The maximum absolute atomic E-state index is 11.8. The second-order valence-corrected chi connectivity index (χ2v) is 6.01. The van der Waals surface area contributed by atoms with Crippen LogP contribution in [0.25, 0.3) is 11.0 Å². The molecule has 4 heteroatoms. The number of likely N-dealkylation sites (tertiary alicyclic amines) is 1. The smallest absolute Gasteiger partial charge is 0.339 e. The lowest BCUT2D eigenvalue weighted by atomic mass is 10.00. The third-order valence-corrected chi connectivity index (χ3v) is 4.62. The molecule has 2 aromatic rings. The number of aromatic hydroxyl groups is 1. The normalized spacial score (nSPS) is 16.0. The summed E-state index contributed by atoms with van der Waals surface area (Å²) < 4.78 is 5.38. The molecular weight excluding hydrogens is 266 g/mol. The summed E-state index contributed by atoms with van der Waals surface area (Å²) in [6.45, 7) is 8.44. The molecule has 1 fully saturated rings. The molecule has 21 heavy (non-hydrogen) atoms. The molecule has 112 valence electrons. The van der Waals surface area contributed by atoms with Crippen molar-refractivity contribution in [1.82, 2.24) is 4.90 Å². The van der Waals surface area contributed by atoms with Crippen LogP contribution in [0.2, 0.25) is 0 Å².